The van der Waals surface area contributed by atoms with Gasteiger partial charge in [0.25, 0.3) is 11.5 Å². The first-order valence-electron chi connectivity index (χ1n) is 16.3. The predicted molar refractivity (Wildman–Crippen MR) is 186 cm³/mol. The lowest BCUT2D eigenvalue weighted by atomic mass is 9.60. The molecule has 3 aromatic heterocycles. The van der Waals surface area contributed by atoms with Gasteiger partial charge < -0.3 is 29.5 Å². The average Bonchev–Trinajstić information content (AvgIpc) is 3.57. The molecule has 2 aliphatic heterocycles. The molecule has 0 atom stereocenters. The molecule has 0 unspecified atom stereocenters. The summed E-state index contributed by atoms with van der Waals surface area (Å²) in [5, 5.41) is 14.5. The van der Waals surface area contributed by atoms with Crippen molar-refractivity contribution < 1.29 is 32.6 Å². The van der Waals surface area contributed by atoms with Gasteiger partial charge in [-0.2, -0.15) is 22.7 Å². The first-order valence-corrected chi connectivity index (χ1v) is 16.7. The summed E-state index contributed by atoms with van der Waals surface area (Å²) in [6, 6.07) is 2.38. The maximum absolute atomic E-state index is 14.3. The van der Waals surface area contributed by atoms with E-state index in [1.54, 1.807) is 24.8 Å². The Kier molecular flexibility index (Phi) is 10.1. The van der Waals surface area contributed by atoms with Crippen molar-refractivity contribution in [3.63, 3.8) is 0 Å². The number of alkyl halides is 3. The van der Waals surface area contributed by atoms with Crippen LogP contribution in [0.2, 0.25) is 5.02 Å². The quantitative estimate of drug-likeness (QED) is 0.258. The number of halogens is 4. The minimum Gasteiger partial charge on any atom is -0.504 e. The summed E-state index contributed by atoms with van der Waals surface area (Å²) in [5.41, 5.74) is -0.613. The molecule has 0 bridgehead atoms. The van der Waals surface area contributed by atoms with Crippen LogP contribution in [-0.2, 0) is 33.9 Å². The fourth-order valence-electron chi connectivity index (χ4n) is 6.16. The number of nitrogens with one attached hydrogen (secondary N) is 1. The molecule has 52 heavy (non-hydrogen) atoms. The van der Waals surface area contributed by atoms with Crippen molar-refractivity contribution in [2.75, 3.05) is 49.6 Å². The molecule has 20 heteroatoms. The van der Waals surface area contributed by atoms with Crippen LogP contribution in [-0.4, -0.2) is 106 Å². The van der Waals surface area contributed by atoms with Gasteiger partial charge in [0, 0.05) is 37.2 Å². The van der Waals surface area contributed by atoms with Crippen LogP contribution >= 0.6 is 11.6 Å². The number of benzene rings is 1. The normalized spacial score (nSPS) is 15.5. The molecular weight excluding hydrogens is 704 g/mol. The summed E-state index contributed by atoms with van der Waals surface area (Å²) >= 11 is 6.12. The SMILES string of the molecule is [B]C([B])(C(=O)Nc1ccc(C(F)(F)F)cc1Cl)n1c(CC)c(N2CCN(C(=O)c3ncnc(CC)c3O)CC2)c(=O)n2nc(C3=CCOCC3)nc12. The van der Waals surface area contributed by atoms with Gasteiger partial charge in [0.05, 0.1) is 35.2 Å². The number of nitrogens with zero attached hydrogens (tertiary/aromatic N) is 8. The zero-order valence-electron chi connectivity index (χ0n) is 28.1. The molecule has 1 saturated heterocycles. The Morgan fingerprint density at radius 1 is 1.10 bits per heavy atom. The van der Waals surface area contributed by atoms with Crippen LogP contribution in [0.5, 0.6) is 5.75 Å². The van der Waals surface area contributed by atoms with Crippen molar-refractivity contribution in [3.8, 4) is 5.75 Å². The van der Waals surface area contributed by atoms with Gasteiger partial charge >= 0.3 is 6.18 Å². The maximum Gasteiger partial charge on any atom is 0.416 e. The second kappa shape index (κ2) is 14.3. The number of amides is 2. The largest absolute Gasteiger partial charge is 0.504 e. The fourth-order valence-corrected chi connectivity index (χ4v) is 6.39. The molecule has 2 aliphatic rings. The van der Waals surface area contributed by atoms with Crippen LogP contribution in [0.3, 0.4) is 0 Å². The molecule has 1 fully saturated rings. The number of aromatic hydroxyl groups is 1. The van der Waals surface area contributed by atoms with Gasteiger partial charge in [-0.1, -0.05) is 31.5 Å². The summed E-state index contributed by atoms with van der Waals surface area (Å²) in [6.45, 7) is 4.73. The Hall–Kier alpha value is -4.90. The molecule has 1 aromatic carbocycles. The number of ether oxygens (including phenoxy) is 1. The lowest BCUT2D eigenvalue weighted by Gasteiger charge is -2.38. The number of hydrogen-bond acceptors (Lipinski definition) is 10. The second-order valence-electron chi connectivity index (χ2n) is 12.1. The van der Waals surface area contributed by atoms with Gasteiger partial charge in [-0.3, -0.25) is 14.4 Å². The van der Waals surface area contributed by atoms with Crippen molar-refractivity contribution in [3.05, 3.63) is 74.4 Å². The highest BCUT2D eigenvalue weighted by atomic mass is 35.5. The number of aromatic nitrogens is 6. The molecule has 6 rings (SSSR count). The number of carbonyl (C=O) groups is 2. The zero-order chi connectivity index (χ0) is 37.5. The first kappa shape index (κ1) is 36.9. The van der Waals surface area contributed by atoms with E-state index in [-0.39, 0.29) is 72.7 Å². The number of fused-ring (bicyclic) bond motifs is 1. The molecular formula is C32H31B2ClF3N9O5. The minimum atomic E-state index is -4.67. The number of piperazine rings is 1. The third kappa shape index (κ3) is 6.74. The van der Waals surface area contributed by atoms with E-state index in [0.717, 1.165) is 16.6 Å². The Morgan fingerprint density at radius 2 is 1.83 bits per heavy atom. The summed E-state index contributed by atoms with van der Waals surface area (Å²) in [6.07, 6.45) is -0.750. The zero-order valence-corrected chi connectivity index (χ0v) is 28.8. The van der Waals surface area contributed by atoms with Crippen molar-refractivity contribution in [2.45, 2.75) is 44.6 Å². The first-order chi connectivity index (χ1) is 24.7. The van der Waals surface area contributed by atoms with E-state index in [1.807, 2.05) is 0 Å². The van der Waals surface area contributed by atoms with E-state index in [9.17, 15) is 32.7 Å². The molecule has 268 valence electrons. The summed E-state index contributed by atoms with van der Waals surface area (Å²) in [4.78, 5) is 57.3. The number of carbonyl (C=O) groups excluding carboxylic acids is 2. The van der Waals surface area contributed by atoms with E-state index in [4.69, 9.17) is 32.0 Å². The van der Waals surface area contributed by atoms with Crippen LogP contribution in [0.25, 0.3) is 11.4 Å². The summed E-state index contributed by atoms with van der Waals surface area (Å²) in [7, 11) is 13.2. The highest BCUT2D eigenvalue weighted by molar-refractivity contribution is 6.50. The van der Waals surface area contributed by atoms with Crippen LogP contribution in [0.1, 0.15) is 53.5 Å². The third-order valence-corrected chi connectivity index (χ3v) is 9.22. The van der Waals surface area contributed by atoms with Gasteiger partial charge in [-0.25, -0.2) is 9.97 Å². The smallest absolute Gasteiger partial charge is 0.416 e. The maximum atomic E-state index is 14.3. The van der Waals surface area contributed by atoms with E-state index in [2.05, 4.69) is 25.4 Å². The number of anilines is 2. The van der Waals surface area contributed by atoms with Gasteiger partial charge in [0.15, 0.2) is 17.3 Å². The highest BCUT2D eigenvalue weighted by Crippen LogP contribution is 2.35. The lowest BCUT2D eigenvalue weighted by molar-refractivity contribution is -0.137. The average molecular weight is 736 g/mol. The number of hydrogen-bond donors (Lipinski definition) is 2. The highest BCUT2D eigenvalue weighted by Gasteiger charge is 2.38. The van der Waals surface area contributed by atoms with E-state index >= 15 is 0 Å². The Labute approximate surface area is 302 Å². The molecule has 14 nitrogen and oxygen atoms in total. The van der Waals surface area contributed by atoms with Crippen LogP contribution in [0, 0.1) is 0 Å². The standard InChI is InChI=1S/C32H31B2ClF3N9O5/c1-3-20-25(48)23(40-16-39-20)27(49)45-11-9-44(10-12-45)24-22(4-2)46(30-42-26(43-47(30)28(24)50)17-7-13-52-14-8-17)31(33,34)29(51)41-21-6-5-18(15-19(21)35)32(36,37)38/h5-7,15-16,48H,3-4,8-14H2,1-2H3,(H,41,51). The Bertz CT molecular complexity index is 2150. The predicted octanol–water partition coefficient (Wildman–Crippen LogP) is 2.54. The third-order valence-electron chi connectivity index (χ3n) is 8.91. The number of aryl methyl sites for hydroxylation is 1. The molecule has 0 aliphatic carbocycles. The van der Waals surface area contributed by atoms with Crippen molar-refractivity contribution >= 4 is 61.8 Å². The fraction of sp³-hybridized carbons (Fsp3) is 0.406. The van der Waals surface area contributed by atoms with Gasteiger partial charge in [0.1, 0.15) is 27.7 Å². The molecule has 0 spiro atoms. The minimum absolute atomic E-state index is 0.0956. The van der Waals surface area contributed by atoms with Crippen molar-refractivity contribution in [1.82, 2.24) is 34.0 Å². The van der Waals surface area contributed by atoms with E-state index < -0.39 is 39.5 Å². The summed E-state index contributed by atoms with van der Waals surface area (Å²) < 4.78 is 47.4. The number of rotatable bonds is 8. The molecule has 5 heterocycles. The van der Waals surface area contributed by atoms with E-state index in [0.29, 0.717) is 43.4 Å². The lowest BCUT2D eigenvalue weighted by Crippen LogP contribution is -2.53. The van der Waals surface area contributed by atoms with Gasteiger partial charge in [0.2, 0.25) is 11.7 Å². The molecule has 2 amide bonds. The van der Waals surface area contributed by atoms with Crippen molar-refractivity contribution in [1.29, 1.82) is 0 Å². The van der Waals surface area contributed by atoms with Gasteiger partial charge in [-0.05, 0) is 43.0 Å². The summed E-state index contributed by atoms with van der Waals surface area (Å²) in [5.74, 6) is -1.86. The Morgan fingerprint density at radius 3 is 2.44 bits per heavy atom. The van der Waals surface area contributed by atoms with Crippen molar-refractivity contribution in [2.24, 2.45) is 0 Å². The molecule has 0 saturated carbocycles. The molecule has 4 radical (unpaired) electrons. The molecule has 4 aromatic rings. The topological polar surface area (TPSA) is 160 Å². The van der Waals surface area contributed by atoms with E-state index in [1.165, 1.54) is 15.8 Å². The second-order valence-corrected chi connectivity index (χ2v) is 12.5. The van der Waals surface area contributed by atoms with Gasteiger partial charge in [-0.15, -0.1) is 5.10 Å². The van der Waals surface area contributed by atoms with Crippen LogP contribution < -0.4 is 15.8 Å². The monoisotopic (exact) mass is 735 g/mol. The molecule has 2 N–H and O–H groups in total. The Balaban J connectivity index is 1.40. The van der Waals surface area contributed by atoms with Crippen LogP contribution in [0.4, 0.5) is 24.5 Å². The van der Waals surface area contributed by atoms with Crippen LogP contribution in [0.15, 0.2) is 35.4 Å².